The second-order valence-corrected chi connectivity index (χ2v) is 5.56. The molecule has 0 saturated heterocycles. The summed E-state index contributed by atoms with van der Waals surface area (Å²) < 4.78 is 2.29. The molecule has 1 aliphatic heterocycles. The third-order valence-electron chi connectivity index (χ3n) is 3.39. The Balaban J connectivity index is 1.87. The van der Waals surface area contributed by atoms with Crippen molar-refractivity contribution in [1.82, 2.24) is 14.5 Å². The van der Waals surface area contributed by atoms with Crippen molar-refractivity contribution >= 4 is 28.6 Å². The van der Waals surface area contributed by atoms with Crippen LogP contribution in [0, 0.1) is 0 Å². The predicted octanol–water partition coefficient (Wildman–Crippen LogP) is 2.99. The third kappa shape index (κ3) is 2.06. The van der Waals surface area contributed by atoms with Gasteiger partial charge in [-0.2, -0.15) is 0 Å². The van der Waals surface area contributed by atoms with Crippen molar-refractivity contribution in [2.45, 2.75) is 32.2 Å². The Labute approximate surface area is 110 Å². The second kappa shape index (κ2) is 4.57. The number of nitrogen functional groups attached to an aromatic ring is 1. The Hall–Kier alpha value is -1.62. The first-order valence-corrected chi connectivity index (χ1v) is 7.07. The van der Waals surface area contributed by atoms with E-state index in [1.807, 2.05) is 23.9 Å². The van der Waals surface area contributed by atoms with Gasteiger partial charge < -0.3 is 10.3 Å². The van der Waals surface area contributed by atoms with E-state index in [9.17, 15) is 0 Å². The molecule has 2 aromatic rings. The van der Waals surface area contributed by atoms with E-state index in [0.29, 0.717) is 11.2 Å². The summed E-state index contributed by atoms with van der Waals surface area (Å²) >= 11 is 1.46. The van der Waals surface area contributed by atoms with E-state index in [1.165, 1.54) is 29.9 Å². The molecule has 18 heavy (non-hydrogen) atoms. The van der Waals surface area contributed by atoms with Crippen LogP contribution in [0.25, 0.3) is 12.2 Å². The van der Waals surface area contributed by atoms with Crippen LogP contribution in [0.2, 0.25) is 0 Å². The molecule has 0 aromatic carbocycles. The highest BCUT2D eigenvalue weighted by Gasteiger charge is 2.18. The number of nitrogens with two attached hydrogens (primary N) is 1. The van der Waals surface area contributed by atoms with Gasteiger partial charge in [-0.1, -0.05) is 0 Å². The largest absolute Gasteiger partial charge is 0.375 e. The molecule has 0 spiro atoms. The first-order chi connectivity index (χ1) is 8.74. The molecule has 0 bridgehead atoms. The van der Waals surface area contributed by atoms with Crippen molar-refractivity contribution in [1.29, 1.82) is 0 Å². The molecule has 5 heteroatoms. The normalized spacial score (nSPS) is 19.3. The lowest BCUT2D eigenvalue weighted by Crippen LogP contribution is -2.14. The minimum absolute atomic E-state index is 0.568. The van der Waals surface area contributed by atoms with E-state index in [0.717, 1.165) is 17.8 Å². The van der Waals surface area contributed by atoms with Gasteiger partial charge >= 0.3 is 0 Å². The molecular formula is C13H16N4S. The molecule has 0 amide bonds. The van der Waals surface area contributed by atoms with Crippen LogP contribution in [0.15, 0.2) is 11.7 Å². The SMILES string of the molecule is CC1CCCc2c(C=Cc3csc(N)n3)ncn21. The Kier molecular flexibility index (Phi) is 2.91. The van der Waals surface area contributed by atoms with Gasteiger partial charge in [-0.25, -0.2) is 9.97 Å². The van der Waals surface area contributed by atoms with Crippen molar-refractivity contribution in [3.63, 3.8) is 0 Å². The fraction of sp³-hybridized carbons (Fsp3) is 0.385. The Morgan fingerprint density at radius 3 is 3.17 bits per heavy atom. The molecule has 2 N–H and O–H groups in total. The van der Waals surface area contributed by atoms with Crippen LogP contribution in [-0.4, -0.2) is 14.5 Å². The van der Waals surface area contributed by atoms with Crippen molar-refractivity contribution < 1.29 is 0 Å². The maximum atomic E-state index is 5.61. The third-order valence-corrected chi connectivity index (χ3v) is 4.08. The van der Waals surface area contributed by atoms with Crippen LogP contribution < -0.4 is 5.73 Å². The van der Waals surface area contributed by atoms with Crippen molar-refractivity contribution in [2.24, 2.45) is 0 Å². The molecule has 2 aromatic heterocycles. The van der Waals surface area contributed by atoms with Crippen LogP contribution in [0.5, 0.6) is 0 Å². The van der Waals surface area contributed by atoms with Gasteiger partial charge in [0.15, 0.2) is 5.13 Å². The average Bonchev–Trinajstić information content (AvgIpc) is 2.94. The lowest BCUT2D eigenvalue weighted by Gasteiger charge is -2.22. The van der Waals surface area contributed by atoms with Crippen LogP contribution in [0.4, 0.5) is 5.13 Å². The van der Waals surface area contributed by atoms with Crippen molar-refractivity contribution in [2.75, 3.05) is 5.73 Å². The molecule has 0 fully saturated rings. The average molecular weight is 260 g/mol. The zero-order valence-electron chi connectivity index (χ0n) is 10.3. The topological polar surface area (TPSA) is 56.7 Å². The zero-order chi connectivity index (χ0) is 12.5. The summed E-state index contributed by atoms with van der Waals surface area (Å²) in [6, 6.07) is 0.568. The number of rotatable bonds is 2. The number of fused-ring (bicyclic) bond motifs is 1. The number of hydrogen-bond acceptors (Lipinski definition) is 4. The summed E-state index contributed by atoms with van der Waals surface area (Å²) in [6.07, 6.45) is 9.58. The van der Waals surface area contributed by atoms with Crippen LogP contribution in [-0.2, 0) is 6.42 Å². The Morgan fingerprint density at radius 2 is 2.39 bits per heavy atom. The van der Waals surface area contributed by atoms with Crippen LogP contribution >= 0.6 is 11.3 Å². The molecule has 3 rings (SSSR count). The molecule has 1 atom stereocenters. The number of thiazole rings is 1. The Bertz CT molecular complexity index is 582. The van der Waals surface area contributed by atoms with Gasteiger partial charge in [-0.3, -0.25) is 0 Å². The lowest BCUT2D eigenvalue weighted by molar-refractivity contribution is 0.431. The van der Waals surface area contributed by atoms with Gasteiger partial charge in [-0.15, -0.1) is 11.3 Å². The summed E-state index contributed by atoms with van der Waals surface area (Å²) in [5.41, 5.74) is 8.92. The summed E-state index contributed by atoms with van der Waals surface area (Å²) in [6.45, 7) is 2.25. The van der Waals surface area contributed by atoms with Crippen LogP contribution in [0.3, 0.4) is 0 Å². The minimum Gasteiger partial charge on any atom is -0.375 e. The fourth-order valence-corrected chi connectivity index (χ4v) is 2.95. The van der Waals surface area contributed by atoms with Gasteiger partial charge in [0, 0.05) is 17.1 Å². The first-order valence-electron chi connectivity index (χ1n) is 6.19. The van der Waals surface area contributed by atoms with E-state index in [2.05, 4.69) is 21.5 Å². The number of hydrogen-bond donors (Lipinski definition) is 1. The first kappa shape index (κ1) is 11.5. The smallest absolute Gasteiger partial charge is 0.180 e. The molecular weight excluding hydrogens is 244 g/mol. The summed E-state index contributed by atoms with van der Waals surface area (Å²) in [7, 11) is 0. The number of imidazole rings is 1. The summed E-state index contributed by atoms with van der Waals surface area (Å²) in [5, 5.41) is 2.56. The molecule has 3 heterocycles. The summed E-state index contributed by atoms with van der Waals surface area (Å²) in [5.74, 6) is 0. The van der Waals surface area contributed by atoms with Gasteiger partial charge in [0.25, 0.3) is 0 Å². The van der Waals surface area contributed by atoms with E-state index in [4.69, 9.17) is 5.73 Å². The van der Waals surface area contributed by atoms with E-state index in [1.54, 1.807) is 0 Å². The highest BCUT2D eigenvalue weighted by molar-refractivity contribution is 7.13. The zero-order valence-corrected chi connectivity index (χ0v) is 11.2. The van der Waals surface area contributed by atoms with Gasteiger partial charge in [0.2, 0.25) is 0 Å². The minimum atomic E-state index is 0.568. The van der Waals surface area contributed by atoms with E-state index >= 15 is 0 Å². The lowest BCUT2D eigenvalue weighted by atomic mass is 10.0. The molecule has 0 aliphatic carbocycles. The number of aromatic nitrogens is 3. The second-order valence-electron chi connectivity index (χ2n) is 4.67. The van der Waals surface area contributed by atoms with Crippen LogP contribution in [0.1, 0.15) is 42.9 Å². The highest BCUT2D eigenvalue weighted by Crippen LogP contribution is 2.27. The van der Waals surface area contributed by atoms with Gasteiger partial charge in [0.1, 0.15) is 0 Å². The van der Waals surface area contributed by atoms with Crippen molar-refractivity contribution in [3.8, 4) is 0 Å². The van der Waals surface area contributed by atoms with Gasteiger partial charge in [0.05, 0.1) is 17.7 Å². The standard InChI is InChI=1S/C13H16N4S/c1-9-3-2-4-12-11(15-8-17(9)12)6-5-10-7-18-13(14)16-10/h5-9H,2-4H2,1H3,(H2,14,16). The molecule has 0 radical (unpaired) electrons. The molecule has 94 valence electrons. The predicted molar refractivity (Wildman–Crippen MR) is 75.3 cm³/mol. The monoisotopic (exact) mass is 260 g/mol. The van der Waals surface area contributed by atoms with Crippen molar-refractivity contribution in [3.05, 3.63) is 28.8 Å². The van der Waals surface area contributed by atoms with E-state index in [-0.39, 0.29) is 0 Å². The molecule has 4 nitrogen and oxygen atoms in total. The quantitative estimate of drug-likeness (QED) is 0.903. The number of nitrogens with zero attached hydrogens (tertiary/aromatic N) is 3. The van der Waals surface area contributed by atoms with E-state index < -0.39 is 0 Å². The fourth-order valence-electron chi connectivity index (χ4n) is 2.42. The van der Waals surface area contributed by atoms with Gasteiger partial charge in [-0.05, 0) is 38.3 Å². The molecule has 1 aliphatic rings. The maximum absolute atomic E-state index is 5.61. The maximum Gasteiger partial charge on any atom is 0.180 e. The summed E-state index contributed by atoms with van der Waals surface area (Å²) in [4.78, 5) is 8.70. The molecule has 0 saturated carbocycles. The Morgan fingerprint density at radius 1 is 1.50 bits per heavy atom. The highest BCUT2D eigenvalue weighted by atomic mass is 32.1. The molecule has 1 unspecified atom stereocenters. The number of anilines is 1.